The van der Waals surface area contributed by atoms with E-state index in [-0.39, 0.29) is 0 Å². The Labute approximate surface area is 114 Å². The number of aryl methyl sites for hydroxylation is 2. The predicted octanol–water partition coefficient (Wildman–Crippen LogP) is 3.46. The fourth-order valence-electron chi connectivity index (χ4n) is 2.25. The Morgan fingerprint density at radius 2 is 1.89 bits per heavy atom. The van der Waals surface area contributed by atoms with Crippen molar-refractivity contribution in [2.75, 3.05) is 0 Å². The maximum absolute atomic E-state index is 5.54. The summed E-state index contributed by atoms with van der Waals surface area (Å²) in [6, 6.07) is 8.95. The third kappa shape index (κ3) is 3.04. The zero-order valence-electron chi connectivity index (χ0n) is 11.6. The first-order chi connectivity index (χ1) is 9.22. The van der Waals surface area contributed by atoms with Crippen molar-refractivity contribution >= 4 is 0 Å². The molecule has 0 radical (unpaired) electrons. The van der Waals surface area contributed by atoms with Gasteiger partial charge in [-0.1, -0.05) is 24.3 Å². The SMILES string of the molecule is Cc1nc(CNCc2ccc(C3CC3)cc2)oc1C. The van der Waals surface area contributed by atoms with Crippen molar-refractivity contribution in [2.45, 2.75) is 45.7 Å². The Morgan fingerprint density at radius 1 is 1.16 bits per heavy atom. The molecule has 0 bridgehead atoms. The van der Waals surface area contributed by atoms with Crippen LogP contribution in [0.15, 0.2) is 28.7 Å². The predicted molar refractivity (Wildman–Crippen MR) is 74.9 cm³/mol. The number of hydrogen-bond acceptors (Lipinski definition) is 3. The Hall–Kier alpha value is -1.61. The largest absolute Gasteiger partial charge is 0.444 e. The third-order valence-corrected chi connectivity index (χ3v) is 3.71. The van der Waals surface area contributed by atoms with Crippen LogP contribution >= 0.6 is 0 Å². The van der Waals surface area contributed by atoms with Crippen LogP contribution in [0.3, 0.4) is 0 Å². The molecule has 0 amide bonds. The van der Waals surface area contributed by atoms with E-state index in [1.54, 1.807) is 0 Å². The summed E-state index contributed by atoms with van der Waals surface area (Å²) >= 11 is 0. The number of nitrogens with one attached hydrogen (secondary N) is 1. The van der Waals surface area contributed by atoms with Gasteiger partial charge in [-0.2, -0.15) is 0 Å². The Balaban J connectivity index is 1.51. The lowest BCUT2D eigenvalue weighted by atomic mass is 10.1. The van der Waals surface area contributed by atoms with E-state index in [0.29, 0.717) is 6.54 Å². The van der Waals surface area contributed by atoms with Crippen molar-refractivity contribution in [3.05, 3.63) is 52.7 Å². The fourth-order valence-corrected chi connectivity index (χ4v) is 2.25. The van der Waals surface area contributed by atoms with Crippen LogP contribution in [0.5, 0.6) is 0 Å². The molecule has 0 atom stereocenters. The van der Waals surface area contributed by atoms with Gasteiger partial charge in [-0.05, 0) is 43.7 Å². The lowest BCUT2D eigenvalue weighted by Gasteiger charge is -2.04. The molecule has 1 aromatic carbocycles. The number of rotatable bonds is 5. The zero-order valence-corrected chi connectivity index (χ0v) is 11.6. The van der Waals surface area contributed by atoms with E-state index < -0.39 is 0 Å². The molecule has 0 saturated heterocycles. The summed E-state index contributed by atoms with van der Waals surface area (Å²) in [7, 11) is 0. The molecule has 100 valence electrons. The first-order valence-electron chi connectivity index (χ1n) is 6.95. The molecule has 0 aliphatic heterocycles. The highest BCUT2D eigenvalue weighted by atomic mass is 16.4. The van der Waals surface area contributed by atoms with E-state index in [4.69, 9.17) is 4.42 Å². The summed E-state index contributed by atoms with van der Waals surface area (Å²) in [6.07, 6.45) is 2.72. The highest BCUT2D eigenvalue weighted by molar-refractivity contribution is 5.27. The van der Waals surface area contributed by atoms with Gasteiger partial charge in [-0.15, -0.1) is 0 Å². The minimum Gasteiger partial charge on any atom is -0.444 e. The van der Waals surface area contributed by atoms with E-state index in [1.165, 1.54) is 24.0 Å². The number of nitrogens with zero attached hydrogens (tertiary/aromatic N) is 1. The van der Waals surface area contributed by atoms with Crippen LogP contribution in [-0.2, 0) is 13.1 Å². The minimum absolute atomic E-state index is 0.680. The second-order valence-corrected chi connectivity index (χ2v) is 5.37. The smallest absolute Gasteiger partial charge is 0.208 e. The number of oxazole rings is 1. The topological polar surface area (TPSA) is 38.1 Å². The quantitative estimate of drug-likeness (QED) is 0.890. The molecule has 3 nitrogen and oxygen atoms in total. The van der Waals surface area contributed by atoms with Gasteiger partial charge in [0.1, 0.15) is 5.76 Å². The van der Waals surface area contributed by atoms with Gasteiger partial charge in [0.2, 0.25) is 5.89 Å². The summed E-state index contributed by atoms with van der Waals surface area (Å²) in [5.74, 6) is 2.51. The minimum atomic E-state index is 0.680. The Bertz CT molecular complexity index is 533. The van der Waals surface area contributed by atoms with Gasteiger partial charge in [0.15, 0.2) is 0 Å². The van der Waals surface area contributed by atoms with Crippen molar-refractivity contribution in [3.8, 4) is 0 Å². The molecule has 3 rings (SSSR count). The van der Waals surface area contributed by atoms with Gasteiger partial charge in [-0.3, -0.25) is 0 Å². The van der Waals surface area contributed by atoms with E-state index in [9.17, 15) is 0 Å². The Kier molecular flexibility index (Phi) is 3.38. The molecule has 3 heteroatoms. The van der Waals surface area contributed by atoms with Crippen molar-refractivity contribution in [1.82, 2.24) is 10.3 Å². The molecule has 0 spiro atoms. The maximum atomic E-state index is 5.54. The van der Waals surface area contributed by atoms with Crippen molar-refractivity contribution in [3.63, 3.8) is 0 Å². The first kappa shape index (κ1) is 12.4. The molecule has 2 aromatic rings. The van der Waals surface area contributed by atoms with E-state index in [2.05, 4.69) is 34.6 Å². The standard InChI is InChI=1S/C16H20N2O/c1-11-12(2)19-16(18-11)10-17-9-13-3-5-14(6-4-13)15-7-8-15/h3-6,15,17H,7-10H2,1-2H3. The molecule has 0 unspecified atom stereocenters. The number of benzene rings is 1. The van der Waals surface area contributed by atoms with Gasteiger partial charge >= 0.3 is 0 Å². The monoisotopic (exact) mass is 256 g/mol. The average Bonchev–Trinajstić information content (AvgIpc) is 3.19. The summed E-state index contributed by atoms with van der Waals surface area (Å²) in [5.41, 5.74) is 3.78. The summed E-state index contributed by atoms with van der Waals surface area (Å²) in [5, 5.41) is 3.37. The van der Waals surface area contributed by atoms with Crippen LogP contribution in [0.1, 0.15) is 47.2 Å². The molecule has 1 saturated carbocycles. The van der Waals surface area contributed by atoms with Gasteiger partial charge in [-0.25, -0.2) is 4.98 Å². The Morgan fingerprint density at radius 3 is 2.47 bits per heavy atom. The molecule has 1 aliphatic carbocycles. The third-order valence-electron chi connectivity index (χ3n) is 3.71. The van der Waals surface area contributed by atoms with Gasteiger partial charge < -0.3 is 9.73 Å². The average molecular weight is 256 g/mol. The van der Waals surface area contributed by atoms with Crippen LogP contribution in [-0.4, -0.2) is 4.98 Å². The molecule has 1 heterocycles. The van der Waals surface area contributed by atoms with Crippen molar-refractivity contribution in [2.24, 2.45) is 0 Å². The van der Waals surface area contributed by atoms with Crippen LogP contribution < -0.4 is 5.32 Å². The van der Waals surface area contributed by atoms with E-state index in [1.807, 2.05) is 13.8 Å². The molecule has 1 aliphatic rings. The molecule has 1 N–H and O–H groups in total. The molecular formula is C16H20N2O. The molecule has 19 heavy (non-hydrogen) atoms. The number of hydrogen-bond donors (Lipinski definition) is 1. The highest BCUT2D eigenvalue weighted by Gasteiger charge is 2.22. The maximum Gasteiger partial charge on any atom is 0.208 e. The van der Waals surface area contributed by atoms with Crippen molar-refractivity contribution < 1.29 is 4.42 Å². The fraction of sp³-hybridized carbons (Fsp3) is 0.438. The molecule has 1 fully saturated rings. The van der Waals surface area contributed by atoms with Crippen LogP contribution in [0.25, 0.3) is 0 Å². The molecular weight excluding hydrogens is 236 g/mol. The normalized spacial score (nSPS) is 14.8. The lowest BCUT2D eigenvalue weighted by molar-refractivity contribution is 0.448. The van der Waals surface area contributed by atoms with E-state index >= 15 is 0 Å². The summed E-state index contributed by atoms with van der Waals surface area (Å²) in [4.78, 5) is 4.36. The van der Waals surface area contributed by atoms with Gasteiger partial charge in [0.25, 0.3) is 0 Å². The van der Waals surface area contributed by atoms with Crippen LogP contribution in [0, 0.1) is 13.8 Å². The van der Waals surface area contributed by atoms with Crippen molar-refractivity contribution in [1.29, 1.82) is 0 Å². The van der Waals surface area contributed by atoms with E-state index in [0.717, 1.165) is 29.8 Å². The molecule has 1 aromatic heterocycles. The second-order valence-electron chi connectivity index (χ2n) is 5.37. The van der Waals surface area contributed by atoms with Crippen LogP contribution in [0.4, 0.5) is 0 Å². The summed E-state index contributed by atoms with van der Waals surface area (Å²) in [6.45, 7) is 5.45. The lowest BCUT2D eigenvalue weighted by Crippen LogP contribution is -2.12. The second kappa shape index (κ2) is 5.17. The first-order valence-corrected chi connectivity index (χ1v) is 6.95. The van der Waals surface area contributed by atoms with Gasteiger partial charge in [0.05, 0.1) is 12.2 Å². The summed E-state index contributed by atoms with van der Waals surface area (Å²) < 4.78 is 5.54. The zero-order chi connectivity index (χ0) is 13.2. The van der Waals surface area contributed by atoms with Gasteiger partial charge in [0, 0.05) is 6.54 Å². The highest BCUT2D eigenvalue weighted by Crippen LogP contribution is 2.39. The van der Waals surface area contributed by atoms with Crippen LogP contribution in [0.2, 0.25) is 0 Å². The number of aromatic nitrogens is 1.